The lowest BCUT2D eigenvalue weighted by molar-refractivity contribution is 0.102. The van der Waals surface area contributed by atoms with E-state index in [0.717, 1.165) is 34.5 Å². The number of carbonyl (C=O) groups excluding carboxylic acids is 1. The highest BCUT2D eigenvalue weighted by Crippen LogP contribution is 2.20. The first kappa shape index (κ1) is 18.2. The molecule has 23 heavy (non-hydrogen) atoms. The van der Waals surface area contributed by atoms with Crippen LogP contribution in [-0.2, 0) is 13.0 Å². The Morgan fingerprint density at radius 1 is 1.35 bits per heavy atom. The van der Waals surface area contributed by atoms with Crippen molar-refractivity contribution in [3.05, 3.63) is 56.4 Å². The lowest BCUT2D eigenvalue weighted by atomic mass is 10.1. The van der Waals surface area contributed by atoms with Gasteiger partial charge in [0.25, 0.3) is 5.91 Å². The number of nitrogens with zero attached hydrogens (tertiary/aromatic N) is 2. The standard InChI is InChI=1S/C17H18IN3O.ClH/c1-11-3-4-12(8-15(11)18)17(22)20-14-7-13-10-21(2)6-5-16(13)19-9-14;/h3-4,7-9H,5-6,10H2,1-2H3,(H,20,22);1H. The summed E-state index contributed by atoms with van der Waals surface area (Å²) in [5.74, 6) is -0.0937. The second-order valence-electron chi connectivity index (χ2n) is 5.74. The van der Waals surface area contributed by atoms with Gasteiger partial charge < -0.3 is 10.2 Å². The largest absolute Gasteiger partial charge is 0.321 e. The number of anilines is 1. The number of pyridine rings is 1. The van der Waals surface area contributed by atoms with Crippen LogP contribution in [0.1, 0.15) is 27.2 Å². The highest BCUT2D eigenvalue weighted by atomic mass is 127. The van der Waals surface area contributed by atoms with Crippen LogP contribution in [0, 0.1) is 10.5 Å². The van der Waals surface area contributed by atoms with E-state index >= 15 is 0 Å². The summed E-state index contributed by atoms with van der Waals surface area (Å²) in [5.41, 5.74) is 4.95. The molecule has 0 bridgehead atoms. The third-order valence-electron chi connectivity index (χ3n) is 3.92. The summed E-state index contributed by atoms with van der Waals surface area (Å²) >= 11 is 2.25. The molecule has 1 N–H and O–H groups in total. The van der Waals surface area contributed by atoms with Crippen LogP contribution in [0.4, 0.5) is 5.69 Å². The number of aryl methyl sites for hydroxylation is 1. The van der Waals surface area contributed by atoms with Gasteiger partial charge in [-0.05, 0) is 65.9 Å². The molecule has 3 rings (SSSR count). The highest BCUT2D eigenvalue weighted by Gasteiger charge is 2.15. The van der Waals surface area contributed by atoms with Gasteiger partial charge in [0.05, 0.1) is 11.9 Å². The number of nitrogens with one attached hydrogen (secondary N) is 1. The molecule has 0 atom stereocenters. The molecule has 1 aromatic carbocycles. The Labute approximate surface area is 156 Å². The molecule has 0 radical (unpaired) electrons. The van der Waals surface area contributed by atoms with Gasteiger partial charge in [-0.2, -0.15) is 0 Å². The van der Waals surface area contributed by atoms with Crippen LogP contribution in [0.2, 0.25) is 0 Å². The van der Waals surface area contributed by atoms with Crippen molar-refractivity contribution in [2.45, 2.75) is 19.9 Å². The number of halogens is 2. The van der Waals surface area contributed by atoms with Crippen molar-refractivity contribution in [1.29, 1.82) is 0 Å². The Kier molecular flexibility index (Phi) is 6.00. The summed E-state index contributed by atoms with van der Waals surface area (Å²) in [7, 11) is 2.10. The van der Waals surface area contributed by atoms with E-state index in [1.165, 1.54) is 11.1 Å². The van der Waals surface area contributed by atoms with Gasteiger partial charge in [-0.15, -0.1) is 12.4 Å². The van der Waals surface area contributed by atoms with E-state index in [-0.39, 0.29) is 18.3 Å². The molecule has 1 amide bonds. The molecule has 6 heteroatoms. The summed E-state index contributed by atoms with van der Waals surface area (Å²) < 4.78 is 1.09. The summed E-state index contributed by atoms with van der Waals surface area (Å²) in [6.45, 7) is 3.95. The van der Waals surface area contributed by atoms with Crippen LogP contribution >= 0.6 is 35.0 Å². The van der Waals surface area contributed by atoms with Gasteiger partial charge in [0.2, 0.25) is 0 Å². The van der Waals surface area contributed by atoms with Gasteiger partial charge in [0.15, 0.2) is 0 Å². The SMILES string of the molecule is Cc1ccc(C(=O)Nc2cnc3c(c2)CN(C)CC3)cc1I.Cl. The molecule has 2 heterocycles. The third-order valence-corrected chi connectivity index (χ3v) is 5.08. The van der Waals surface area contributed by atoms with Crippen molar-refractivity contribution in [1.82, 2.24) is 9.88 Å². The number of aromatic nitrogens is 1. The number of rotatable bonds is 2. The van der Waals surface area contributed by atoms with Crippen LogP contribution in [0.15, 0.2) is 30.5 Å². The van der Waals surface area contributed by atoms with Crippen molar-refractivity contribution in [3.8, 4) is 0 Å². The number of hydrogen-bond donors (Lipinski definition) is 1. The number of carbonyl (C=O) groups is 1. The zero-order valence-electron chi connectivity index (χ0n) is 13.1. The first-order valence-electron chi connectivity index (χ1n) is 7.27. The van der Waals surface area contributed by atoms with E-state index in [1.54, 1.807) is 6.20 Å². The third kappa shape index (κ3) is 4.22. The number of fused-ring (bicyclic) bond motifs is 1. The quantitative estimate of drug-likeness (QED) is 0.721. The molecule has 2 aromatic rings. The summed E-state index contributed by atoms with van der Waals surface area (Å²) in [4.78, 5) is 19.1. The average Bonchev–Trinajstić information content (AvgIpc) is 2.49. The number of amides is 1. The number of hydrogen-bond acceptors (Lipinski definition) is 3. The minimum absolute atomic E-state index is 0. The maximum Gasteiger partial charge on any atom is 0.255 e. The van der Waals surface area contributed by atoms with E-state index < -0.39 is 0 Å². The maximum absolute atomic E-state index is 12.4. The van der Waals surface area contributed by atoms with Crippen molar-refractivity contribution in [3.63, 3.8) is 0 Å². The van der Waals surface area contributed by atoms with Crippen LogP contribution in [-0.4, -0.2) is 29.4 Å². The van der Waals surface area contributed by atoms with E-state index in [2.05, 4.69) is 44.8 Å². The minimum atomic E-state index is -0.0937. The zero-order valence-corrected chi connectivity index (χ0v) is 16.1. The predicted octanol–water partition coefficient (Wildman–Crippen LogP) is 3.66. The van der Waals surface area contributed by atoms with Gasteiger partial charge in [-0.25, -0.2) is 0 Å². The molecule has 0 aliphatic carbocycles. The van der Waals surface area contributed by atoms with Crippen molar-refractivity contribution < 1.29 is 4.79 Å². The van der Waals surface area contributed by atoms with Gasteiger partial charge in [0.1, 0.15) is 0 Å². The van der Waals surface area contributed by atoms with Crippen molar-refractivity contribution >= 4 is 46.6 Å². The minimum Gasteiger partial charge on any atom is -0.321 e. The molecule has 122 valence electrons. The molecule has 0 saturated heterocycles. The van der Waals surface area contributed by atoms with Gasteiger partial charge in [-0.1, -0.05) is 6.07 Å². The molecule has 1 aliphatic heterocycles. The Hall–Kier alpha value is -1.18. The van der Waals surface area contributed by atoms with E-state index in [4.69, 9.17) is 0 Å². The van der Waals surface area contributed by atoms with Crippen LogP contribution < -0.4 is 5.32 Å². The molecule has 0 spiro atoms. The summed E-state index contributed by atoms with van der Waals surface area (Å²) in [6, 6.07) is 7.77. The number of likely N-dealkylation sites (N-methyl/N-ethyl adjacent to an activating group) is 1. The molecule has 1 aliphatic rings. The monoisotopic (exact) mass is 443 g/mol. The molecule has 4 nitrogen and oxygen atoms in total. The highest BCUT2D eigenvalue weighted by molar-refractivity contribution is 14.1. The van der Waals surface area contributed by atoms with Gasteiger partial charge >= 0.3 is 0 Å². The Bertz CT molecular complexity index is 736. The lowest BCUT2D eigenvalue weighted by Gasteiger charge is -2.24. The Morgan fingerprint density at radius 3 is 2.87 bits per heavy atom. The summed E-state index contributed by atoms with van der Waals surface area (Å²) in [5, 5.41) is 2.95. The van der Waals surface area contributed by atoms with Crippen LogP contribution in [0.25, 0.3) is 0 Å². The Morgan fingerprint density at radius 2 is 2.13 bits per heavy atom. The van der Waals surface area contributed by atoms with E-state index in [9.17, 15) is 4.79 Å². The molecule has 1 aromatic heterocycles. The smallest absolute Gasteiger partial charge is 0.255 e. The summed E-state index contributed by atoms with van der Waals surface area (Å²) in [6.07, 6.45) is 2.72. The van der Waals surface area contributed by atoms with Crippen LogP contribution in [0.3, 0.4) is 0 Å². The fourth-order valence-corrected chi connectivity index (χ4v) is 3.09. The van der Waals surface area contributed by atoms with E-state index in [0.29, 0.717) is 5.56 Å². The molecule has 0 saturated carbocycles. The topological polar surface area (TPSA) is 45.2 Å². The number of benzene rings is 1. The molecule has 0 fully saturated rings. The first-order chi connectivity index (χ1) is 10.5. The molecular weight excluding hydrogens is 425 g/mol. The van der Waals surface area contributed by atoms with E-state index in [1.807, 2.05) is 31.2 Å². The molecular formula is C17H19ClIN3O. The van der Waals surface area contributed by atoms with Crippen LogP contribution in [0.5, 0.6) is 0 Å². The Balaban J connectivity index is 0.00000192. The van der Waals surface area contributed by atoms with Crippen molar-refractivity contribution in [2.75, 3.05) is 18.9 Å². The van der Waals surface area contributed by atoms with Gasteiger partial charge in [0, 0.05) is 34.3 Å². The van der Waals surface area contributed by atoms with Crippen molar-refractivity contribution in [2.24, 2.45) is 0 Å². The maximum atomic E-state index is 12.4. The first-order valence-corrected chi connectivity index (χ1v) is 8.34. The predicted molar refractivity (Wildman–Crippen MR) is 103 cm³/mol. The lowest BCUT2D eigenvalue weighted by Crippen LogP contribution is -2.27. The molecule has 0 unspecified atom stereocenters. The fourth-order valence-electron chi connectivity index (χ4n) is 2.57. The fraction of sp³-hybridized carbons (Fsp3) is 0.294. The average molecular weight is 444 g/mol. The zero-order chi connectivity index (χ0) is 15.7. The normalized spacial score (nSPS) is 13.9. The van der Waals surface area contributed by atoms with Gasteiger partial charge in [-0.3, -0.25) is 9.78 Å². The second kappa shape index (κ2) is 7.59. The second-order valence-corrected chi connectivity index (χ2v) is 6.90.